The third kappa shape index (κ3) is 4.90. The number of nitrogens with one attached hydrogen (secondary N) is 1. The Hall–Kier alpha value is -1.47. The summed E-state index contributed by atoms with van der Waals surface area (Å²) in [4.78, 5) is 23.3. The zero-order chi connectivity index (χ0) is 15.3. The van der Waals surface area contributed by atoms with Crippen LogP contribution in [0.3, 0.4) is 0 Å². The monoisotopic (exact) mass is 296 g/mol. The summed E-state index contributed by atoms with van der Waals surface area (Å²) in [6.07, 6.45) is -2.46. The van der Waals surface area contributed by atoms with Crippen LogP contribution >= 0.6 is 0 Å². The Kier molecular flexibility index (Phi) is 5.64. The van der Waals surface area contributed by atoms with Gasteiger partial charge in [-0.1, -0.05) is 6.42 Å². The summed E-state index contributed by atoms with van der Waals surface area (Å²) >= 11 is 0. The molecule has 0 spiro atoms. The fraction of sp³-hybridized carbons (Fsp3) is 0.833. The van der Waals surface area contributed by atoms with Crippen LogP contribution in [0.4, 0.5) is 18.0 Å². The predicted octanol–water partition coefficient (Wildman–Crippen LogP) is 2.08. The van der Waals surface area contributed by atoms with Gasteiger partial charge in [0.2, 0.25) is 0 Å². The maximum Gasteiger partial charge on any atom is 0.406 e. The maximum absolute atomic E-state index is 12.3. The van der Waals surface area contributed by atoms with Crippen LogP contribution in [0.15, 0.2) is 0 Å². The van der Waals surface area contributed by atoms with Gasteiger partial charge < -0.3 is 15.3 Å². The standard InChI is InChI=1S/C12H19F3N2O3/c1-2-17(7-12(13,14)15)11(20)16-6-8-4-3-5-9(8)10(18)19/h8-9H,2-7H2,1H3,(H,16,20)(H,18,19). The highest BCUT2D eigenvalue weighted by Gasteiger charge is 2.35. The average Bonchev–Trinajstić information content (AvgIpc) is 2.80. The van der Waals surface area contributed by atoms with E-state index in [0.717, 1.165) is 6.42 Å². The Bertz CT molecular complexity index is 360. The molecule has 2 amide bonds. The van der Waals surface area contributed by atoms with Gasteiger partial charge in [0.05, 0.1) is 5.92 Å². The molecule has 1 rings (SSSR count). The van der Waals surface area contributed by atoms with Crippen LogP contribution in [-0.2, 0) is 4.79 Å². The molecule has 8 heteroatoms. The van der Waals surface area contributed by atoms with E-state index in [1.165, 1.54) is 6.92 Å². The van der Waals surface area contributed by atoms with E-state index in [0.29, 0.717) is 17.7 Å². The van der Waals surface area contributed by atoms with Crippen LogP contribution in [0.1, 0.15) is 26.2 Å². The molecule has 0 heterocycles. The summed E-state index contributed by atoms with van der Waals surface area (Å²) in [7, 11) is 0. The minimum Gasteiger partial charge on any atom is -0.481 e. The van der Waals surface area contributed by atoms with Crippen molar-refractivity contribution in [1.29, 1.82) is 0 Å². The largest absolute Gasteiger partial charge is 0.481 e. The maximum atomic E-state index is 12.3. The third-order valence-corrected chi connectivity index (χ3v) is 3.53. The summed E-state index contributed by atoms with van der Waals surface area (Å²) < 4.78 is 36.8. The average molecular weight is 296 g/mol. The van der Waals surface area contributed by atoms with Crippen molar-refractivity contribution < 1.29 is 27.9 Å². The highest BCUT2D eigenvalue weighted by molar-refractivity contribution is 5.74. The fourth-order valence-corrected chi connectivity index (χ4v) is 2.48. The number of carbonyl (C=O) groups excluding carboxylic acids is 1. The van der Waals surface area contributed by atoms with Gasteiger partial charge in [-0.25, -0.2) is 4.79 Å². The first-order chi connectivity index (χ1) is 9.24. The molecule has 1 saturated carbocycles. The lowest BCUT2D eigenvalue weighted by Gasteiger charge is -2.24. The molecule has 5 nitrogen and oxygen atoms in total. The zero-order valence-electron chi connectivity index (χ0n) is 11.2. The molecule has 2 unspecified atom stereocenters. The molecule has 2 N–H and O–H groups in total. The van der Waals surface area contributed by atoms with Crippen molar-refractivity contribution in [3.8, 4) is 0 Å². The first kappa shape index (κ1) is 16.6. The van der Waals surface area contributed by atoms with Crippen molar-refractivity contribution in [2.24, 2.45) is 11.8 Å². The second-order valence-electron chi connectivity index (χ2n) is 4.95. The Morgan fingerprint density at radius 3 is 2.50 bits per heavy atom. The molecule has 0 radical (unpaired) electrons. The lowest BCUT2D eigenvalue weighted by atomic mass is 9.96. The highest BCUT2D eigenvalue weighted by atomic mass is 19.4. The van der Waals surface area contributed by atoms with E-state index >= 15 is 0 Å². The lowest BCUT2D eigenvalue weighted by molar-refractivity contribution is -0.142. The van der Waals surface area contributed by atoms with E-state index in [1.807, 2.05) is 0 Å². The number of urea groups is 1. The fourth-order valence-electron chi connectivity index (χ4n) is 2.48. The third-order valence-electron chi connectivity index (χ3n) is 3.53. The minimum atomic E-state index is -4.44. The molecule has 1 aliphatic carbocycles. The highest BCUT2D eigenvalue weighted by Crippen LogP contribution is 2.31. The van der Waals surface area contributed by atoms with E-state index in [1.54, 1.807) is 0 Å². The summed E-state index contributed by atoms with van der Waals surface area (Å²) in [5, 5.41) is 11.4. The Balaban J connectivity index is 2.47. The number of halogens is 3. The summed E-state index contributed by atoms with van der Waals surface area (Å²) in [5.74, 6) is -1.64. The van der Waals surface area contributed by atoms with Crippen LogP contribution in [0, 0.1) is 11.8 Å². The number of alkyl halides is 3. The quantitative estimate of drug-likeness (QED) is 0.816. The number of hydrogen-bond donors (Lipinski definition) is 2. The number of carboxylic acids is 1. The van der Waals surface area contributed by atoms with Crippen molar-refractivity contribution in [3.63, 3.8) is 0 Å². The van der Waals surface area contributed by atoms with Gasteiger partial charge in [-0.2, -0.15) is 13.2 Å². The smallest absolute Gasteiger partial charge is 0.406 e. The van der Waals surface area contributed by atoms with Crippen LogP contribution in [0.2, 0.25) is 0 Å². The number of hydrogen-bond acceptors (Lipinski definition) is 2. The topological polar surface area (TPSA) is 69.6 Å². The molecule has 0 aromatic carbocycles. The van der Waals surface area contributed by atoms with Crippen molar-refractivity contribution >= 4 is 12.0 Å². The molecular weight excluding hydrogens is 277 g/mol. The number of carbonyl (C=O) groups is 2. The molecule has 0 saturated heterocycles. The van der Waals surface area contributed by atoms with Crippen molar-refractivity contribution in [2.45, 2.75) is 32.4 Å². The molecule has 1 fully saturated rings. The van der Waals surface area contributed by atoms with Gasteiger partial charge in [0, 0.05) is 13.1 Å². The van der Waals surface area contributed by atoms with Gasteiger partial charge in [0.1, 0.15) is 6.54 Å². The lowest BCUT2D eigenvalue weighted by Crippen LogP contribution is -2.46. The first-order valence-electron chi connectivity index (χ1n) is 6.57. The van der Waals surface area contributed by atoms with Crippen molar-refractivity contribution in [3.05, 3.63) is 0 Å². The summed E-state index contributed by atoms with van der Waals surface area (Å²) in [6.45, 7) is 0.200. The summed E-state index contributed by atoms with van der Waals surface area (Å²) in [6, 6.07) is -0.805. The number of nitrogens with zero attached hydrogens (tertiary/aromatic N) is 1. The van der Waals surface area contributed by atoms with Crippen LogP contribution in [-0.4, -0.2) is 47.8 Å². The number of aliphatic carboxylic acids is 1. The number of amides is 2. The molecule has 116 valence electrons. The predicted molar refractivity (Wildman–Crippen MR) is 65.2 cm³/mol. The molecule has 0 aliphatic heterocycles. The second kappa shape index (κ2) is 6.81. The Morgan fingerprint density at radius 2 is 2.00 bits per heavy atom. The molecule has 20 heavy (non-hydrogen) atoms. The van der Waals surface area contributed by atoms with E-state index in [4.69, 9.17) is 5.11 Å². The molecule has 0 aromatic rings. The van der Waals surface area contributed by atoms with Crippen molar-refractivity contribution in [2.75, 3.05) is 19.6 Å². The molecule has 0 bridgehead atoms. The van der Waals surface area contributed by atoms with Gasteiger partial charge in [0.25, 0.3) is 0 Å². The molecule has 1 aliphatic rings. The summed E-state index contributed by atoms with van der Waals surface area (Å²) in [5.41, 5.74) is 0. The van der Waals surface area contributed by atoms with Crippen molar-refractivity contribution in [1.82, 2.24) is 10.2 Å². The molecule has 0 aromatic heterocycles. The Labute approximate surface area is 115 Å². The van der Waals surface area contributed by atoms with Crippen LogP contribution < -0.4 is 5.32 Å². The molecular formula is C12H19F3N2O3. The number of carboxylic acid groups (broad SMARTS) is 1. The normalized spacial score (nSPS) is 22.6. The van der Waals surface area contributed by atoms with E-state index < -0.39 is 30.6 Å². The Morgan fingerprint density at radius 1 is 1.35 bits per heavy atom. The van der Waals surface area contributed by atoms with Gasteiger partial charge in [-0.15, -0.1) is 0 Å². The van der Waals surface area contributed by atoms with Gasteiger partial charge in [0.15, 0.2) is 0 Å². The zero-order valence-corrected chi connectivity index (χ0v) is 11.2. The SMILES string of the molecule is CCN(CC(F)(F)F)C(=O)NCC1CCCC1C(=O)O. The van der Waals surface area contributed by atoms with Gasteiger partial charge in [-0.3, -0.25) is 4.79 Å². The van der Waals surface area contributed by atoms with E-state index in [9.17, 15) is 22.8 Å². The van der Waals surface area contributed by atoms with Gasteiger partial charge >= 0.3 is 18.2 Å². The number of rotatable bonds is 5. The van der Waals surface area contributed by atoms with E-state index in [2.05, 4.69) is 5.32 Å². The van der Waals surface area contributed by atoms with E-state index in [-0.39, 0.29) is 19.0 Å². The first-order valence-corrected chi connectivity index (χ1v) is 6.57. The minimum absolute atomic E-state index is 0.0572. The molecule has 2 atom stereocenters. The second-order valence-corrected chi connectivity index (χ2v) is 4.95. The van der Waals surface area contributed by atoms with Gasteiger partial charge in [-0.05, 0) is 25.7 Å². The van der Waals surface area contributed by atoms with Crippen LogP contribution in [0.25, 0.3) is 0 Å². The van der Waals surface area contributed by atoms with Crippen LogP contribution in [0.5, 0.6) is 0 Å².